The van der Waals surface area contributed by atoms with E-state index >= 15 is 0 Å². The van der Waals surface area contributed by atoms with Crippen LogP contribution in [0.25, 0.3) is 0 Å². The van der Waals surface area contributed by atoms with Crippen molar-refractivity contribution in [2.24, 2.45) is 5.73 Å². The van der Waals surface area contributed by atoms with Gasteiger partial charge in [-0.15, -0.1) is 0 Å². The van der Waals surface area contributed by atoms with Crippen LogP contribution >= 0.6 is 11.6 Å². The first-order chi connectivity index (χ1) is 8.19. The number of nitrogens with one attached hydrogen (secondary N) is 1. The lowest BCUT2D eigenvalue weighted by Gasteiger charge is -2.06. The maximum Gasteiger partial charge on any atom is 0.254 e. The fourth-order valence-electron chi connectivity index (χ4n) is 1.28. The topological polar surface area (TPSA) is 81.0 Å². The van der Waals surface area contributed by atoms with Gasteiger partial charge in [-0.2, -0.15) is 0 Å². The summed E-state index contributed by atoms with van der Waals surface area (Å²) < 4.78 is 5.38. The van der Waals surface area contributed by atoms with E-state index in [1.165, 1.54) is 12.4 Å². The molecule has 0 aliphatic carbocycles. The van der Waals surface area contributed by atoms with Gasteiger partial charge in [0.2, 0.25) is 5.88 Å². The molecule has 3 N–H and O–H groups in total. The molecular weight excluding hydrogens is 242 g/mol. The van der Waals surface area contributed by atoms with Crippen molar-refractivity contribution in [2.45, 2.75) is 6.54 Å². The summed E-state index contributed by atoms with van der Waals surface area (Å²) in [5.74, 6) is 0.718. The summed E-state index contributed by atoms with van der Waals surface area (Å²) in [6.07, 6.45) is 1.27. The number of nitrogens with zero attached hydrogens (tertiary/aromatic N) is 1. The van der Waals surface area contributed by atoms with Crippen LogP contribution in [0.15, 0.2) is 35.4 Å². The minimum absolute atomic E-state index is 0.213. The van der Waals surface area contributed by atoms with Crippen LogP contribution in [-0.2, 0) is 6.54 Å². The molecular formula is C11H10ClN3O2. The van der Waals surface area contributed by atoms with E-state index in [4.69, 9.17) is 22.1 Å². The average molecular weight is 252 g/mol. The molecule has 0 radical (unpaired) electrons. The highest BCUT2D eigenvalue weighted by atomic mass is 35.5. The Labute approximate surface area is 102 Å². The van der Waals surface area contributed by atoms with Crippen molar-refractivity contribution >= 4 is 11.6 Å². The summed E-state index contributed by atoms with van der Waals surface area (Å²) in [6.45, 7) is 0.363. The van der Waals surface area contributed by atoms with Crippen LogP contribution in [0.1, 0.15) is 5.56 Å². The van der Waals surface area contributed by atoms with Crippen LogP contribution in [0.4, 0.5) is 0 Å². The van der Waals surface area contributed by atoms with Crippen molar-refractivity contribution in [1.82, 2.24) is 9.97 Å². The maximum atomic E-state index is 11.0. The Morgan fingerprint density at radius 1 is 1.41 bits per heavy atom. The summed E-state index contributed by atoms with van der Waals surface area (Å²) in [5.41, 5.74) is 6.04. The minimum atomic E-state index is -0.278. The number of aromatic nitrogens is 2. The van der Waals surface area contributed by atoms with Gasteiger partial charge in [-0.25, -0.2) is 4.98 Å². The second kappa shape index (κ2) is 4.99. The standard InChI is InChI=1S/C11H10ClN3O2/c12-9-3-8(2-1-7(9)5-13)17-11-4-10(16)14-6-15-11/h1-4,6H,5,13H2,(H,14,15,16). The first-order valence-electron chi connectivity index (χ1n) is 4.90. The van der Waals surface area contributed by atoms with Gasteiger partial charge in [0, 0.05) is 11.6 Å². The van der Waals surface area contributed by atoms with Gasteiger partial charge in [0.15, 0.2) is 0 Å². The molecule has 0 spiro atoms. The van der Waals surface area contributed by atoms with Gasteiger partial charge in [-0.1, -0.05) is 17.7 Å². The second-order valence-corrected chi connectivity index (χ2v) is 3.72. The van der Waals surface area contributed by atoms with Crippen molar-refractivity contribution < 1.29 is 4.74 Å². The van der Waals surface area contributed by atoms with E-state index in [-0.39, 0.29) is 11.4 Å². The summed E-state index contributed by atoms with van der Waals surface area (Å²) in [5, 5.41) is 0.523. The molecule has 1 aromatic carbocycles. The van der Waals surface area contributed by atoms with Crippen LogP contribution in [0.5, 0.6) is 11.6 Å². The highest BCUT2D eigenvalue weighted by Gasteiger charge is 2.03. The number of hydrogen-bond acceptors (Lipinski definition) is 4. The van der Waals surface area contributed by atoms with E-state index in [0.29, 0.717) is 17.3 Å². The van der Waals surface area contributed by atoms with Crippen molar-refractivity contribution in [3.63, 3.8) is 0 Å². The molecule has 1 heterocycles. The average Bonchev–Trinajstić information content (AvgIpc) is 2.29. The molecule has 0 aliphatic rings. The Bertz CT molecular complexity index is 583. The molecule has 0 atom stereocenters. The Balaban J connectivity index is 2.25. The zero-order valence-corrected chi connectivity index (χ0v) is 9.57. The van der Waals surface area contributed by atoms with Gasteiger partial charge in [0.05, 0.1) is 12.4 Å². The van der Waals surface area contributed by atoms with Gasteiger partial charge < -0.3 is 15.5 Å². The number of hydrogen-bond donors (Lipinski definition) is 2. The number of rotatable bonds is 3. The first kappa shape index (κ1) is 11.6. The molecule has 17 heavy (non-hydrogen) atoms. The molecule has 0 bridgehead atoms. The molecule has 1 aromatic heterocycles. The smallest absolute Gasteiger partial charge is 0.254 e. The van der Waals surface area contributed by atoms with E-state index in [9.17, 15) is 4.79 Å². The van der Waals surface area contributed by atoms with E-state index in [1.54, 1.807) is 18.2 Å². The van der Waals surface area contributed by atoms with Crippen LogP contribution < -0.4 is 16.0 Å². The van der Waals surface area contributed by atoms with Crippen LogP contribution in [0.2, 0.25) is 5.02 Å². The third-order valence-electron chi connectivity index (χ3n) is 2.12. The summed E-state index contributed by atoms with van der Waals surface area (Å²) in [4.78, 5) is 17.3. The number of nitrogens with two attached hydrogens (primary N) is 1. The van der Waals surface area contributed by atoms with E-state index in [1.807, 2.05) is 0 Å². The minimum Gasteiger partial charge on any atom is -0.439 e. The molecule has 0 aliphatic heterocycles. The molecule has 5 nitrogen and oxygen atoms in total. The molecule has 2 rings (SSSR count). The summed E-state index contributed by atoms with van der Waals surface area (Å²) in [7, 11) is 0. The Kier molecular flexibility index (Phi) is 3.41. The predicted octanol–water partition coefficient (Wildman–Crippen LogP) is 1.67. The SMILES string of the molecule is NCc1ccc(Oc2cc(=O)[nH]cn2)cc1Cl. The quantitative estimate of drug-likeness (QED) is 0.870. The third-order valence-corrected chi connectivity index (χ3v) is 2.47. The second-order valence-electron chi connectivity index (χ2n) is 3.31. The molecule has 2 aromatic rings. The maximum absolute atomic E-state index is 11.0. The van der Waals surface area contributed by atoms with Gasteiger partial charge >= 0.3 is 0 Å². The van der Waals surface area contributed by atoms with Crippen LogP contribution in [0, 0.1) is 0 Å². The predicted molar refractivity (Wildman–Crippen MR) is 64.3 cm³/mol. The molecule has 0 fully saturated rings. The fourth-order valence-corrected chi connectivity index (χ4v) is 1.53. The zero-order valence-electron chi connectivity index (χ0n) is 8.81. The molecule has 88 valence electrons. The Morgan fingerprint density at radius 3 is 2.88 bits per heavy atom. The normalized spacial score (nSPS) is 10.2. The van der Waals surface area contributed by atoms with Gasteiger partial charge in [-0.05, 0) is 17.7 Å². The lowest BCUT2D eigenvalue weighted by molar-refractivity contribution is 0.460. The molecule has 0 saturated carbocycles. The largest absolute Gasteiger partial charge is 0.439 e. The number of halogens is 1. The highest BCUT2D eigenvalue weighted by molar-refractivity contribution is 6.31. The monoisotopic (exact) mass is 251 g/mol. The first-order valence-corrected chi connectivity index (χ1v) is 5.28. The zero-order chi connectivity index (χ0) is 12.3. The molecule has 0 saturated heterocycles. The number of benzene rings is 1. The van der Waals surface area contributed by atoms with Gasteiger partial charge in [-0.3, -0.25) is 4.79 Å². The molecule has 0 unspecified atom stereocenters. The molecule has 6 heteroatoms. The Morgan fingerprint density at radius 2 is 2.24 bits per heavy atom. The fraction of sp³-hybridized carbons (Fsp3) is 0.0909. The third kappa shape index (κ3) is 2.83. The van der Waals surface area contributed by atoms with Crippen LogP contribution in [-0.4, -0.2) is 9.97 Å². The summed E-state index contributed by atoms with van der Waals surface area (Å²) in [6, 6.07) is 6.37. The molecule has 0 amide bonds. The lowest BCUT2D eigenvalue weighted by atomic mass is 10.2. The van der Waals surface area contributed by atoms with Crippen molar-refractivity contribution in [2.75, 3.05) is 0 Å². The lowest BCUT2D eigenvalue weighted by Crippen LogP contribution is -2.04. The highest BCUT2D eigenvalue weighted by Crippen LogP contribution is 2.24. The van der Waals surface area contributed by atoms with E-state index < -0.39 is 0 Å². The number of aromatic amines is 1. The van der Waals surface area contributed by atoms with E-state index in [0.717, 1.165) is 5.56 Å². The van der Waals surface area contributed by atoms with Gasteiger partial charge in [0.25, 0.3) is 5.56 Å². The van der Waals surface area contributed by atoms with E-state index in [2.05, 4.69) is 9.97 Å². The van der Waals surface area contributed by atoms with Gasteiger partial charge in [0.1, 0.15) is 5.75 Å². The number of ether oxygens (including phenoxy) is 1. The van der Waals surface area contributed by atoms with Crippen LogP contribution in [0.3, 0.4) is 0 Å². The van der Waals surface area contributed by atoms with Crippen molar-refractivity contribution in [1.29, 1.82) is 0 Å². The Hall–Kier alpha value is -1.85. The van der Waals surface area contributed by atoms with Crippen molar-refractivity contribution in [3.05, 3.63) is 51.5 Å². The summed E-state index contributed by atoms with van der Waals surface area (Å²) >= 11 is 5.98. The van der Waals surface area contributed by atoms with Crippen molar-refractivity contribution in [3.8, 4) is 11.6 Å². The number of H-pyrrole nitrogens is 1.